The van der Waals surface area contributed by atoms with Gasteiger partial charge in [-0.25, -0.2) is 4.79 Å². The molecule has 2 aromatic carbocycles. The largest absolute Gasteiger partial charge is 0.494 e. The molecule has 6 nitrogen and oxygen atoms in total. The molecule has 1 atom stereocenters. The van der Waals surface area contributed by atoms with Gasteiger partial charge in [0, 0.05) is 17.5 Å². The molecule has 0 aliphatic carbocycles. The summed E-state index contributed by atoms with van der Waals surface area (Å²) in [7, 11) is 0. The fourth-order valence-electron chi connectivity index (χ4n) is 2.85. The van der Waals surface area contributed by atoms with Crippen molar-refractivity contribution in [3.05, 3.63) is 65.4 Å². The van der Waals surface area contributed by atoms with E-state index >= 15 is 0 Å². The number of nitrogens with one attached hydrogen (secondary N) is 1. The quantitative estimate of drug-likeness (QED) is 0.626. The van der Waals surface area contributed by atoms with E-state index in [1.807, 2.05) is 43.3 Å². The maximum Gasteiger partial charge on any atom is 0.375 e. The summed E-state index contributed by atoms with van der Waals surface area (Å²) in [4.78, 5) is 24.7. The summed E-state index contributed by atoms with van der Waals surface area (Å²) < 4.78 is 16.4. The lowest BCUT2D eigenvalue weighted by molar-refractivity contribution is -0.129. The molecule has 3 rings (SSSR count). The van der Waals surface area contributed by atoms with E-state index in [1.54, 1.807) is 19.1 Å². The number of esters is 1. The zero-order chi connectivity index (χ0) is 20.1. The van der Waals surface area contributed by atoms with Crippen LogP contribution in [0.15, 0.2) is 52.9 Å². The van der Waals surface area contributed by atoms with Crippen molar-refractivity contribution in [2.24, 2.45) is 0 Å². The number of hydrogen-bond acceptors (Lipinski definition) is 5. The Bertz CT molecular complexity index is 977. The second-order valence-corrected chi connectivity index (χ2v) is 6.40. The van der Waals surface area contributed by atoms with Gasteiger partial charge >= 0.3 is 5.97 Å². The number of benzene rings is 2. The average molecular weight is 381 g/mol. The minimum absolute atomic E-state index is 0.0892. The predicted molar refractivity (Wildman–Crippen MR) is 105 cm³/mol. The highest BCUT2D eigenvalue weighted by molar-refractivity contribution is 5.97. The molecule has 0 bridgehead atoms. The monoisotopic (exact) mass is 381 g/mol. The third kappa shape index (κ3) is 4.34. The molecular formula is C22H23NO5. The van der Waals surface area contributed by atoms with Crippen LogP contribution >= 0.6 is 0 Å². The van der Waals surface area contributed by atoms with Gasteiger partial charge in [0.1, 0.15) is 11.3 Å². The smallest absolute Gasteiger partial charge is 0.375 e. The lowest BCUT2D eigenvalue weighted by atomic mass is 10.1. The predicted octanol–water partition coefficient (Wildman–Crippen LogP) is 4.00. The first-order chi connectivity index (χ1) is 13.5. The molecule has 0 fully saturated rings. The summed E-state index contributed by atoms with van der Waals surface area (Å²) in [5.41, 5.74) is 2.18. The standard InChI is InChI=1S/C22H23NO5/c1-4-26-17-10-11-19-18(12-17)14(2)20(28-19)22(25)27-15(3)21(24)23-13-16-8-6-5-7-9-16/h5-12,15H,4,13H2,1-3H3,(H,23,24)/t15-/m1/s1. The molecule has 0 unspecified atom stereocenters. The van der Waals surface area contributed by atoms with Crippen LogP contribution in [0.4, 0.5) is 0 Å². The van der Waals surface area contributed by atoms with Gasteiger partial charge in [0.25, 0.3) is 5.91 Å². The average Bonchev–Trinajstić information content (AvgIpc) is 3.03. The molecule has 28 heavy (non-hydrogen) atoms. The molecule has 1 N–H and O–H groups in total. The topological polar surface area (TPSA) is 77.8 Å². The van der Waals surface area contributed by atoms with Crippen molar-refractivity contribution in [2.75, 3.05) is 6.61 Å². The minimum atomic E-state index is -0.942. The summed E-state index contributed by atoms with van der Waals surface area (Å²) in [6.07, 6.45) is -0.942. The van der Waals surface area contributed by atoms with E-state index in [0.717, 1.165) is 10.9 Å². The van der Waals surface area contributed by atoms with Crippen molar-refractivity contribution in [3.63, 3.8) is 0 Å². The van der Waals surface area contributed by atoms with Crippen molar-refractivity contribution in [2.45, 2.75) is 33.4 Å². The lowest BCUT2D eigenvalue weighted by Crippen LogP contribution is -2.35. The van der Waals surface area contributed by atoms with Crippen LogP contribution in [0.5, 0.6) is 5.75 Å². The van der Waals surface area contributed by atoms with Crippen LogP contribution in [-0.4, -0.2) is 24.6 Å². The molecule has 1 amide bonds. The first kappa shape index (κ1) is 19.5. The first-order valence-corrected chi connectivity index (χ1v) is 9.18. The van der Waals surface area contributed by atoms with Crippen molar-refractivity contribution >= 4 is 22.8 Å². The van der Waals surface area contributed by atoms with Gasteiger partial charge in [-0.1, -0.05) is 30.3 Å². The SMILES string of the molecule is CCOc1ccc2oc(C(=O)O[C@H](C)C(=O)NCc3ccccc3)c(C)c2c1. The van der Waals surface area contributed by atoms with Crippen LogP contribution < -0.4 is 10.1 Å². The third-order valence-corrected chi connectivity index (χ3v) is 4.37. The van der Waals surface area contributed by atoms with E-state index < -0.39 is 12.1 Å². The summed E-state index contributed by atoms with van der Waals surface area (Å²) in [6.45, 7) is 6.12. The Hall–Kier alpha value is -3.28. The van der Waals surface area contributed by atoms with Crippen molar-refractivity contribution in [1.82, 2.24) is 5.32 Å². The van der Waals surface area contributed by atoms with Gasteiger partial charge in [-0.15, -0.1) is 0 Å². The Morgan fingerprint density at radius 3 is 2.61 bits per heavy atom. The number of aryl methyl sites for hydroxylation is 1. The number of rotatable bonds is 7. The van der Waals surface area contributed by atoms with Gasteiger partial charge in [0.05, 0.1) is 6.61 Å². The van der Waals surface area contributed by atoms with Gasteiger partial charge in [0.2, 0.25) is 5.76 Å². The molecule has 3 aromatic rings. The fourth-order valence-corrected chi connectivity index (χ4v) is 2.85. The van der Waals surface area contributed by atoms with Gasteiger partial charge < -0.3 is 19.2 Å². The van der Waals surface area contributed by atoms with Crippen molar-refractivity contribution in [1.29, 1.82) is 0 Å². The van der Waals surface area contributed by atoms with E-state index in [1.165, 1.54) is 6.92 Å². The molecule has 146 valence electrons. The molecule has 0 radical (unpaired) electrons. The third-order valence-electron chi connectivity index (χ3n) is 4.37. The second kappa shape index (κ2) is 8.61. The molecule has 0 saturated carbocycles. The summed E-state index contributed by atoms with van der Waals surface area (Å²) in [5, 5.41) is 3.53. The number of hydrogen-bond donors (Lipinski definition) is 1. The van der Waals surface area contributed by atoms with Crippen LogP contribution in [0.25, 0.3) is 11.0 Å². The molecule has 0 saturated heterocycles. The molecule has 6 heteroatoms. The molecule has 0 spiro atoms. The van der Waals surface area contributed by atoms with Crippen LogP contribution in [0.1, 0.15) is 35.5 Å². The number of amides is 1. The van der Waals surface area contributed by atoms with E-state index in [0.29, 0.717) is 30.0 Å². The number of ether oxygens (including phenoxy) is 2. The maximum atomic E-state index is 12.5. The first-order valence-electron chi connectivity index (χ1n) is 9.18. The van der Waals surface area contributed by atoms with Gasteiger partial charge in [-0.2, -0.15) is 0 Å². The number of fused-ring (bicyclic) bond motifs is 1. The molecular weight excluding hydrogens is 358 g/mol. The highest BCUT2D eigenvalue weighted by Crippen LogP contribution is 2.29. The summed E-state index contributed by atoms with van der Waals surface area (Å²) >= 11 is 0. The normalized spacial score (nSPS) is 11.8. The summed E-state index contributed by atoms with van der Waals surface area (Å²) in [5.74, 6) is -0.252. The van der Waals surface area contributed by atoms with E-state index in [4.69, 9.17) is 13.9 Å². The van der Waals surface area contributed by atoms with Gasteiger partial charge in [-0.3, -0.25) is 4.79 Å². The van der Waals surface area contributed by atoms with Crippen LogP contribution in [0.3, 0.4) is 0 Å². The lowest BCUT2D eigenvalue weighted by Gasteiger charge is -2.13. The molecule has 0 aliphatic heterocycles. The highest BCUT2D eigenvalue weighted by atomic mass is 16.6. The van der Waals surface area contributed by atoms with Crippen LogP contribution in [0, 0.1) is 6.92 Å². The number of carbonyl (C=O) groups excluding carboxylic acids is 2. The van der Waals surface area contributed by atoms with Gasteiger partial charge in [-0.05, 0) is 44.5 Å². The number of furan rings is 1. The Labute approximate surface area is 163 Å². The van der Waals surface area contributed by atoms with E-state index in [9.17, 15) is 9.59 Å². The summed E-state index contributed by atoms with van der Waals surface area (Å²) in [6, 6.07) is 14.9. The fraction of sp³-hybridized carbons (Fsp3) is 0.273. The maximum absolute atomic E-state index is 12.5. The Balaban J connectivity index is 1.66. The Morgan fingerprint density at radius 1 is 1.14 bits per heavy atom. The van der Waals surface area contributed by atoms with E-state index in [-0.39, 0.29) is 11.7 Å². The zero-order valence-electron chi connectivity index (χ0n) is 16.2. The Kier molecular flexibility index (Phi) is 5.99. The van der Waals surface area contributed by atoms with E-state index in [2.05, 4.69) is 5.32 Å². The van der Waals surface area contributed by atoms with Crippen molar-refractivity contribution in [3.8, 4) is 5.75 Å². The second-order valence-electron chi connectivity index (χ2n) is 6.40. The Morgan fingerprint density at radius 2 is 1.89 bits per heavy atom. The molecule has 1 aromatic heterocycles. The zero-order valence-corrected chi connectivity index (χ0v) is 16.2. The number of carbonyl (C=O) groups is 2. The van der Waals surface area contributed by atoms with Crippen LogP contribution in [-0.2, 0) is 16.1 Å². The minimum Gasteiger partial charge on any atom is -0.494 e. The molecule has 0 aliphatic rings. The van der Waals surface area contributed by atoms with Crippen LogP contribution in [0.2, 0.25) is 0 Å². The molecule has 1 heterocycles. The van der Waals surface area contributed by atoms with Gasteiger partial charge in [0.15, 0.2) is 6.10 Å². The van der Waals surface area contributed by atoms with Crippen molar-refractivity contribution < 1.29 is 23.5 Å². The highest BCUT2D eigenvalue weighted by Gasteiger charge is 2.24.